The van der Waals surface area contributed by atoms with Crippen molar-refractivity contribution in [1.82, 2.24) is 4.31 Å². The van der Waals surface area contributed by atoms with Gasteiger partial charge in [-0.25, -0.2) is 13.4 Å². The molecule has 0 bridgehead atoms. The highest BCUT2D eigenvalue weighted by atomic mass is 32.2. The fraction of sp³-hybridized carbons (Fsp3) is 0.421. The lowest BCUT2D eigenvalue weighted by Gasteiger charge is -2.30. The monoisotopic (exact) mass is 358 g/mol. The fourth-order valence-electron chi connectivity index (χ4n) is 3.77. The van der Waals surface area contributed by atoms with Crippen molar-refractivity contribution >= 4 is 15.8 Å². The third kappa shape index (κ3) is 3.28. The standard InChI is InChI=1S/C19H23N3O2S/c23-25(24,18-9-8-16-5-1-2-6-17(16)15-18)22-13-11-21(12-14-22)19-7-3-4-10-20-19/h3-4,7-10,15H,1-2,5-6,11-14H2/p+1. The number of sulfonamides is 1. The molecule has 0 spiro atoms. The van der Waals surface area contributed by atoms with E-state index in [1.807, 2.05) is 36.5 Å². The first kappa shape index (κ1) is 16.5. The average molecular weight is 358 g/mol. The number of hydrogen-bond donors (Lipinski definition) is 0. The predicted octanol–water partition coefficient (Wildman–Crippen LogP) is 1.89. The van der Waals surface area contributed by atoms with Crippen molar-refractivity contribution in [3.05, 3.63) is 53.7 Å². The molecule has 1 aromatic carbocycles. The Morgan fingerprint density at radius 2 is 1.64 bits per heavy atom. The van der Waals surface area contributed by atoms with Crippen molar-refractivity contribution in [1.29, 1.82) is 0 Å². The summed E-state index contributed by atoms with van der Waals surface area (Å²) in [5.41, 5.74) is 2.53. The zero-order valence-corrected chi connectivity index (χ0v) is 15.1. The van der Waals surface area contributed by atoms with Gasteiger partial charge in [-0.3, -0.25) is 4.90 Å². The predicted molar refractivity (Wildman–Crippen MR) is 97.1 cm³/mol. The molecule has 2 aliphatic rings. The van der Waals surface area contributed by atoms with E-state index in [2.05, 4.69) is 9.88 Å². The number of piperazine rings is 1. The van der Waals surface area contributed by atoms with Crippen molar-refractivity contribution in [2.45, 2.75) is 30.6 Å². The van der Waals surface area contributed by atoms with Crippen molar-refractivity contribution < 1.29 is 13.4 Å². The quantitative estimate of drug-likeness (QED) is 0.842. The van der Waals surface area contributed by atoms with Crippen LogP contribution in [0, 0.1) is 0 Å². The van der Waals surface area contributed by atoms with Crippen molar-refractivity contribution in [2.24, 2.45) is 0 Å². The molecular weight excluding hydrogens is 334 g/mol. The van der Waals surface area contributed by atoms with Crippen LogP contribution < -0.4 is 9.88 Å². The fourth-order valence-corrected chi connectivity index (χ4v) is 5.24. The maximum Gasteiger partial charge on any atom is 0.274 e. The summed E-state index contributed by atoms with van der Waals surface area (Å²) in [6, 6.07) is 11.7. The molecule has 1 aliphatic heterocycles. The summed E-state index contributed by atoms with van der Waals surface area (Å²) in [6.07, 6.45) is 6.32. The van der Waals surface area contributed by atoms with Gasteiger partial charge < -0.3 is 0 Å². The molecule has 1 aromatic heterocycles. The van der Waals surface area contributed by atoms with E-state index in [0.717, 1.165) is 25.1 Å². The van der Waals surface area contributed by atoms with Crippen LogP contribution in [0.25, 0.3) is 0 Å². The number of aromatic nitrogens is 1. The summed E-state index contributed by atoms with van der Waals surface area (Å²) in [5, 5.41) is 0. The Morgan fingerprint density at radius 1 is 0.880 bits per heavy atom. The van der Waals surface area contributed by atoms with E-state index in [-0.39, 0.29) is 0 Å². The van der Waals surface area contributed by atoms with Crippen molar-refractivity contribution in [3.63, 3.8) is 0 Å². The van der Waals surface area contributed by atoms with Gasteiger partial charge in [0.25, 0.3) is 5.82 Å². The Bertz CT molecular complexity index is 844. The van der Waals surface area contributed by atoms with Crippen LogP contribution in [0.3, 0.4) is 0 Å². The SMILES string of the molecule is O=S(=O)(c1ccc2c(c1)CCCC2)N1CCN(c2cccc[nH+]2)CC1. The topological polar surface area (TPSA) is 54.8 Å². The molecule has 0 amide bonds. The smallest absolute Gasteiger partial charge is 0.259 e. The summed E-state index contributed by atoms with van der Waals surface area (Å²) in [5.74, 6) is 1.04. The normalized spacial score (nSPS) is 18.8. The van der Waals surface area contributed by atoms with Gasteiger partial charge in [-0.05, 0) is 55.0 Å². The Balaban J connectivity index is 1.50. The number of hydrogen-bond acceptors (Lipinski definition) is 3. The molecule has 1 aliphatic carbocycles. The van der Waals surface area contributed by atoms with E-state index in [4.69, 9.17) is 0 Å². The van der Waals surface area contributed by atoms with Crippen LogP contribution in [0.4, 0.5) is 5.82 Å². The van der Waals surface area contributed by atoms with E-state index in [1.165, 1.54) is 17.5 Å². The van der Waals surface area contributed by atoms with Gasteiger partial charge in [0.2, 0.25) is 10.0 Å². The number of nitrogens with one attached hydrogen (secondary N) is 1. The first-order chi connectivity index (χ1) is 12.1. The van der Waals surface area contributed by atoms with E-state index in [9.17, 15) is 8.42 Å². The Labute approximate surface area is 149 Å². The van der Waals surface area contributed by atoms with E-state index >= 15 is 0 Å². The van der Waals surface area contributed by atoms with Gasteiger partial charge in [-0.2, -0.15) is 4.31 Å². The number of fused-ring (bicyclic) bond motifs is 1. The number of benzene rings is 1. The molecule has 0 unspecified atom stereocenters. The minimum Gasteiger partial charge on any atom is -0.259 e. The molecule has 1 saturated heterocycles. The molecule has 2 heterocycles. The lowest BCUT2D eigenvalue weighted by Crippen LogP contribution is -2.49. The minimum absolute atomic E-state index is 0.452. The van der Waals surface area contributed by atoms with Gasteiger partial charge in [0, 0.05) is 6.07 Å². The largest absolute Gasteiger partial charge is 0.274 e. The molecule has 6 heteroatoms. The summed E-state index contributed by atoms with van der Waals surface area (Å²) in [4.78, 5) is 5.86. The molecule has 132 valence electrons. The van der Waals surface area contributed by atoms with Crippen molar-refractivity contribution in [2.75, 3.05) is 31.1 Å². The number of H-pyrrole nitrogens is 1. The molecule has 5 nitrogen and oxygen atoms in total. The highest BCUT2D eigenvalue weighted by Gasteiger charge is 2.32. The van der Waals surface area contributed by atoms with E-state index < -0.39 is 10.0 Å². The van der Waals surface area contributed by atoms with Crippen LogP contribution in [0.5, 0.6) is 0 Å². The third-order valence-electron chi connectivity index (χ3n) is 5.23. The van der Waals surface area contributed by atoms with Crippen molar-refractivity contribution in [3.8, 4) is 0 Å². The summed E-state index contributed by atoms with van der Waals surface area (Å²) in [7, 11) is -3.40. The van der Waals surface area contributed by atoms with Crippen LogP contribution in [0.1, 0.15) is 24.0 Å². The zero-order valence-electron chi connectivity index (χ0n) is 14.3. The minimum atomic E-state index is -3.40. The second kappa shape index (κ2) is 6.77. The van der Waals surface area contributed by atoms with Gasteiger partial charge in [-0.15, -0.1) is 0 Å². The van der Waals surface area contributed by atoms with Gasteiger partial charge in [0.05, 0.1) is 37.3 Å². The molecule has 2 aromatic rings. The summed E-state index contributed by atoms with van der Waals surface area (Å²) >= 11 is 0. The second-order valence-electron chi connectivity index (χ2n) is 6.78. The number of nitrogens with zero attached hydrogens (tertiary/aromatic N) is 2. The number of rotatable bonds is 3. The van der Waals surface area contributed by atoms with Crippen LogP contribution >= 0.6 is 0 Å². The molecular formula is C19H24N3O2S+. The molecule has 0 radical (unpaired) electrons. The molecule has 1 N–H and O–H groups in total. The number of pyridine rings is 1. The maximum absolute atomic E-state index is 13.0. The van der Waals surface area contributed by atoms with Gasteiger partial charge in [0.15, 0.2) is 0 Å². The van der Waals surface area contributed by atoms with Gasteiger partial charge in [-0.1, -0.05) is 12.1 Å². The molecule has 0 atom stereocenters. The number of aromatic amines is 1. The van der Waals surface area contributed by atoms with Crippen LogP contribution in [0.2, 0.25) is 0 Å². The third-order valence-corrected chi connectivity index (χ3v) is 7.12. The molecule has 4 rings (SSSR count). The van der Waals surface area contributed by atoms with Crippen LogP contribution in [0.15, 0.2) is 47.5 Å². The number of anilines is 1. The van der Waals surface area contributed by atoms with Crippen LogP contribution in [-0.4, -0.2) is 38.9 Å². The average Bonchev–Trinajstić information content (AvgIpc) is 2.68. The summed E-state index contributed by atoms with van der Waals surface area (Å²) in [6.45, 7) is 2.43. The molecule has 0 saturated carbocycles. The lowest BCUT2D eigenvalue weighted by molar-refractivity contribution is -0.364. The first-order valence-corrected chi connectivity index (χ1v) is 10.4. The maximum atomic E-state index is 13.0. The van der Waals surface area contributed by atoms with E-state index in [0.29, 0.717) is 31.1 Å². The Kier molecular flexibility index (Phi) is 4.48. The Morgan fingerprint density at radius 3 is 2.36 bits per heavy atom. The highest BCUT2D eigenvalue weighted by Crippen LogP contribution is 2.26. The van der Waals surface area contributed by atoms with E-state index in [1.54, 1.807) is 10.4 Å². The van der Waals surface area contributed by atoms with Gasteiger partial charge in [0.1, 0.15) is 0 Å². The van der Waals surface area contributed by atoms with Crippen LogP contribution in [-0.2, 0) is 22.9 Å². The summed E-state index contributed by atoms with van der Waals surface area (Å²) < 4.78 is 27.7. The lowest BCUT2D eigenvalue weighted by atomic mass is 9.92. The molecule has 25 heavy (non-hydrogen) atoms. The number of aryl methyl sites for hydroxylation is 2. The highest BCUT2D eigenvalue weighted by molar-refractivity contribution is 7.89. The van der Waals surface area contributed by atoms with Gasteiger partial charge >= 0.3 is 0 Å². The Hall–Kier alpha value is -1.92. The molecule has 1 fully saturated rings. The zero-order chi connectivity index (χ0) is 17.3. The second-order valence-corrected chi connectivity index (χ2v) is 8.71. The first-order valence-electron chi connectivity index (χ1n) is 8.98.